The van der Waals surface area contributed by atoms with Crippen LogP contribution < -0.4 is 10.1 Å². The molecule has 1 N–H and O–H groups in total. The zero-order valence-electron chi connectivity index (χ0n) is 15.0. The average Bonchev–Trinajstić information content (AvgIpc) is 3.24. The Labute approximate surface area is 160 Å². The molecule has 27 heavy (non-hydrogen) atoms. The van der Waals surface area contributed by atoms with Crippen LogP contribution in [0.15, 0.2) is 54.6 Å². The van der Waals surface area contributed by atoms with Crippen LogP contribution in [-0.4, -0.2) is 27.8 Å². The lowest BCUT2D eigenvalue weighted by Crippen LogP contribution is -2.17. The number of carbonyl (C=O) groups excluding carboxylic acids is 1. The Morgan fingerprint density at radius 2 is 2.00 bits per heavy atom. The van der Waals surface area contributed by atoms with Crippen molar-refractivity contribution in [2.24, 2.45) is 0 Å². The molecule has 2 heterocycles. The largest absolute Gasteiger partial charge is 0.497 e. The summed E-state index contributed by atoms with van der Waals surface area (Å²) in [5, 5.41) is 8.14. The fourth-order valence-electron chi connectivity index (χ4n) is 2.82. The Balaban J connectivity index is 1.62. The van der Waals surface area contributed by atoms with Gasteiger partial charge in [-0.1, -0.05) is 41.7 Å². The third-order valence-electron chi connectivity index (χ3n) is 4.07. The molecular formula is C20H18N4O2S. The predicted molar refractivity (Wildman–Crippen MR) is 107 cm³/mol. The van der Waals surface area contributed by atoms with E-state index in [9.17, 15) is 4.79 Å². The molecule has 0 aliphatic rings. The summed E-state index contributed by atoms with van der Waals surface area (Å²) >= 11 is 1.51. The number of fused-ring (bicyclic) bond motifs is 1. The van der Waals surface area contributed by atoms with Crippen LogP contribution in [0.25, 0.3) is 15.3 Å². The summed E-state index contributed by atoms with van der Waals surface area (Å²) in [5.74, 6) is 1.27. The Bertz CT molecular complexity index is 1100. The molecule has 0 bridgehead atoms. The third-order valence-corrected chi connectivity index (χ3v) is 5.08. The molecule has 6 nitrogen and oxygen atoms in total. The molecule has 0 unspecified atom stereocenters. The van der Waals surface area contributed by atoms with E-state index in [2.05, 4.69) is 15.4 Å². The Morgan fingerprint density at radius 1 is 1.19 bits per heavy atom. The second-order valence-electron chi connectivity index (χ2n) is 6.12. The second kappa shape index (κ2) is 7.20. The number of benzene rings is 2. The summed E-state index contributed by atoms with van der Waals surface area (Å²) in [6, 6.07) is 17.3. The first-order valence-corrected chi connectivity index (χ1v) is 9.29. The number of hydrogen-bond acceptors (Lipinski definition) is 5. The topological polar surface area (TPSA) is 69.0 Å². The molecule has 2 aromatic heterocycles. The minimum atomic E-state index is -0.0925. The van der Waals surface area contributed by atoms with Gasteiger partial charge >= 0.3 is 0 Å². The van der Waals surface area contributed by atoms with Gasteiger partial charge < -0.3 is 10.1 Å². The highest BCUT2D eigenvalue weighted by atomic mass is 32.1. The molecule has 0 aliphatic heterocycles. The molecule has 0 atom stereocenters. The van der Waals surface area contributed by atoms with Gasteiger partial charge in [-0.05, 0) is 24.6 Å². The summed E-state index contributed by atoms with van der Waals surface area (Å²) in [6.45, 7) is 1.89. The van der Waals surface area contributed by atoms with Crippen molar-refractivity contribution in [1.82, 2.24) is 14.8 Å². The van der Waals surface area contributed by atoms with Crippen molar-refractivity contribution >= 4 is 33.3 Å². The molecule has 0 radical (unpaired) electrons. The summed E-state index contributed by atoms with van der Waals surface area (Å²) in [7, 11) is 1.63. The van der Waals surface area contributed by atoms with Gasteiger partial charge in [-0.3, -0.25) is 4.79 Å². The zero-order chi connectivity index (χ0) is 18.8. The van der Waals surface area contributed by atoms with E-state index in [1.807, 2.05) is 61.5 Å². The number of nitrogens with one attached hydrogen (secondary N) is 1. The zero-order valence-corrected chi connectivity index (χ0v) is 15.8. The first-order chi connectivity index (χ1) is 13.1. The number of rotatable bonds is 5. The number of anilines is 1. The maximum absolute atomic E-state index is 12.4. The number of carbonyl (C=O) groups is 1. The van der Waals surface area contributed by atoms with Gasteiger partial charge in [0.2, 0.25) is 11.0 Å². The summed E-state index contributed by atoms with van der Waals surface area (Å²) in [4.78, 5) is 17.1. The van der Waals surface area contributed by atoms with Crippen LogP contribution in [0.2, 0.25) is 0 Å². The molecule has 4 rings (SSSR count). The van der Waals surface area contributed by atoms with Crippen LogP contribution in [0.5, 0.6) is 5.75 Å². The lowest BCUT2D eigenvalue weighted by molar-refractivity contribution is -0.115. The molecule has 0 saturated carbocycles. The van der Waals surface area contributed by atoms with Gasteiger partial charge in [0.25, 0.3) is 0 Å². The van der Waals surface area contributed by atoms with Gasteiger partial charge in [-0.15, -0.1) is 0 Å². The fourth-order valence-corrected chi connectivity index (χ4v) is 3.73. The number of nitrogens with zero attached hydrogens (tertiary/aromatic N) is 3. The van der Waals surface area contributed by atoms with Crippen LogP contribution in [0.4, 0.5) is 5.82 Å². The summed E-state index contributed by atoms with van der Waals surface area (Å²) < 4.78 is 7.96. The molecule has 136 valence electrons. The predicted octanol–water partition coefficient (Wildman–Crippen LogP) is 3.98. The second-order valence-corrected chi connectivity index (χ2v) is 7.13. The summed E-state index contributed by atoms with van der Waals surface area (Å²) in [5.41, 5.74) is 2.61. The van der Waals surface area contributed by atoms with Gasteiger partial charge in [0.05, 0.1) is 29.4 Å². The smallest absolute Gasteiger partial charge is 0.229 e. The van der Waals surface area contributed by atoms with E-state index in [0.717, 1.165) is 27.2 Å². The van der Waals surface area contributed by atoms with Crippen LogP contribution >= 0.6 is 11.3 Å². The number of methoxy groups -OCH3 is 1. The molecule has 2 aromatic carbocycles. The van der Waals surface area contributed by atoms with Crippen LogP contribution in [0.3, 0.4) is 0 Å². The Kier molecular flexibility index (Phi) is 4.60. The number of thiazole rings is 1. The fraction of sp³-hybridized carbons (Fsp3) is 0.150. The minimum absolute atomic E-state index is 0.0925. The van der Waals surface area contributed by atoms with Crippen molar-refractivity contribution in [3.05, 3.63) is 65.9 Å². The lowest BCUT2D eigenvalue weighted by atomic mass is 10.1. The van der Waals surface area contributed by atoms with Gasteiger partial charge in [-0.2, -0.15) is 9.78 Å². The highest BCUT2D eigenvalue weighted by Gasteiger charge is 2.15. The van der Waals surface area contributed by atoms with E-state index in [1.165, 1.54) is 11.3 Å². The van der Waals surface area contributed by atoms with E-state index in [-0.39, 0.29) is 5.91 Å². The van der Waals surface area contributed by atoms with Crippen molar-refractivity contribution < 1.29 is 9.53 Å². The number of hydrogen-bond donors (Lipinski definition) is 1. The van der Waals surface area contributed by atoms with E-state index in [1.54, 1.807) is 11.8 Å². The van der Waals surface area contributed by atoms with Crippen molar-refractivity contribution in [2.45, 2.75) is 13.3 Å². The minimum Gasteiger partial charge on any atom is -0.497 e. The monoisotopic (exact) mass is 378 g/mol. The SMILES string of the molecule is COc1ccc2sc(-n3nc(C)cc3NC(=O)Cc3ccccc3)nc2c1. The van der Waals surface area contributed by atoms with E-state index in [4.69, 9.17) is 4.74 Å². The van der Waals surface area contributed by atoms with Crippen LogP contribution in [0.1, 0.15) is 11.3 Å². The first kappa shape index (κ1) is 17.2. The van der Waals surface area contributed by atoms with E-state index in [0.29, 0.717) is 17.4 Å². The maximum atomic E-state index is 12.4. The maximum Gasteiger partial charge on any atom is 0.229 e. The lowest BCUT2D eigenvalue weighted by Gasteiger charge is -2.06. The Morgan fingerprint density at radius 3 is 2.78 bits per heavy atom. The van der Waals surface area contributed by atoms with Gasteiger partial charge in [0.15, 0.2) is 0 Å². The quantitative estimate of drug-likeness (QED) is 0.570. The third kappa shape index (κ3) is 3.68. The molecule has 0 fully saturated rings. The van der Waals surface area contributed by atoms with E-state index < -0.39 is 0 Å². The highest BCUT2D eigenvalue weighted by molar-refractivity contribution is 7.20. The van der Waals surface area contributed by atoms with Crippen LogP contribution in [-0.2, 0) is 11.2 Å². The summed E-state index contributed by atoms with van der Waals surface area (Å²) in [6.07, 6.45) is 0.308. The standard InChI is InChI=1S/C20H18N4O2S/c1-13-10-18(22-19(25)11-14-6-4-3-5-7-14)24(23-13)20-21-16-12-15(26-2)8-9-17(16)27-20/h3-10,12H,11H2,1-2H3,(H,22,25). The average molecular weight is 378 g/mol. The molecule has 7 heteroatoms. The van der Waals surface area contributed by atoms with Gasteiger partial charge in [0, 0.05) is 12.1 Å². The van der Waals surface area contributed by atoms with Crippen molar-refractivity contribution in [1.29, 1.82) is 0 Å². The van der Waals surface area contributed by atoms with Gasteiger partial charge in [0.1, 0.15) is 11.6 Å². The molecule has 0 saturated heterocycles. The molecule has 0 aliphatic carbocycles. The van der Waals surface area contributed by atoms with Crippen LogP contribution in [0, 0.1) is 6.92 Å². The highest BCUT2D eigenvalue weighted by Crippen LogP contribution is 2.29. The molecule has 1 amide bonds. The molecular weight excluding hydrogens is 360 g/mol. The van der Waals surface area contributed by atoms with Crippen molar-refractivity contribution in [3.8, 4) is 10.9 Å². The number of ether oxygens (including phenoxy) is 1. The van der Waals surface area contributed by atoms with E-state index >= 15 is 0 Å². The van der Waals surface area contributed by atoms with Gasteiger partial charge in [-0.25, -0.2) is 4.98 Å². The number of aryl methyl sites for hydroxylation is 1. The van der Waals surface area contributed by atoms with Crippen molar-refractivity contribution in [3.63, 3.8) is 0 Å². The first-order valence-electron chi connectivity index (χ1n) is 8.48. The molecule has 4 aromatic rings. The van der Waals surface area contributed by atoms with Crippen molar-refractivity contribution in [2.75, 3.05) is 12.4 Å². The number of amides is 1. The number of aromatic nitrogens is 3. The molecule has 0 spiro atoms. The normalized spacial score (nSPS) is 10.9. The Hall–Kier alpha value is -3.19.